The van der Waals surface area contributed by atoms with Crippen LogP contribution in [0.3, 0.4) is 0 Å². The third-order valence-corrected chi connectivity index (χ3v) is 6.24. The standard InChI is InChI=1S/C25H20ClN3O4/c1-14-3-2-4-20(26)22(14)24(31)29-21-11-17(28-12-18(30)13-28)9-10-19(21)23(27-29)15-5-7-16(8-6-15)25(32)33/h2-11,18,30H,12-13H2,1H3,(H,32,33). The van der Waals surface area contributed by atoms with E-state index in [1.807, 2.05) is 36.1 Å². The number of β-amino-alcohol motifs (C(OH)–C–C–N with tert-alkyl or cyclic N) is 1. The van der Waals surface area contributed by atoms with Crippen LogP contribution in [0.2, 0.25) is 5.02 Å². The van der Waals surface area contributed by atoms with Gasteiger partial charge in [0, 0.05) is 29.7 Å². The molecule has 0 aliphatic carbocycles. The fourth-order valence-electron chi connectivity index (χ4n) is 4.11. The van der Waals surface area contributed by atoms with E-state index in [9.17, 15) is 19.8 Å². The lowest BCUT2D eigenvalue weighted by molar-refractivity contribution is 0.0696. The molecule has 0 radical (unpaired) electrons. The third-order valence-electron chi connectivity index (χ3n) is 5.93. The highest BCUT2D eigenvalue weighted by Crippen LogP contribution is 2.33. The second-order valence-electron chi connectivity index (χ2n) is 8.14. The number of carbonyl (C=O) groups excluding carboxylic acids is 1. The van der Waals surface area contributed by atoms with Crippen molar-refractivity contribution in [3.05, 3.63) is 82.4 Å². The molecule has 1 saturated heterocycles. The summed E-state index contributed by atoms with van der Waals surface area (Å²) >= 11 is 6.37. The number of rotatable bonds is 4. The molecule has 2 N–H and O–H groups in total. The monoisotopic (exact) mass is 461 g/mol. The van der Waals surface area contributed by atoms with Gasteiger partial charge in [0.25, 0.3) is 5.91 Å². The van der Waals surface area contributed by atoms with Gasteiger partial charge in [-0.1, -0.05) is 35.9 Å². The SMILES string of the molecule is Cc1cccc(Cl)c1C(=O)n1nc(-c2ccc(C(=O)O)cc2)c2ccc(N3CC(O)C3)cc21. The largest absolute Gasteiger partial charge is 0.478 e. The average molecular weight is 462 g/mol. The molecule has 0 spiro atoms. The first kappa shape index (κ1) is 21.2. The van der Waals surface area contributed by atoms with Gasteiger partial charge in [0.1, 0.15) is 5.69 Å². The van der Waals surface area contributed by atoms with E-state index < -0.39 is 5.97 Å². The molecule has 1 aliphatic rings. The Morgan fingerprint density at radius 1 is 1.06 bits per heavy atom. The minimum Gasteiger partial charge on any atom is -0.478 e. The van der Waals surface area contributed by atoms with Crippen molar-refractivity contribution in [3.63, 3.8) is 0 Å². The first-order valence-electron chi connectivity index (χ1n) is 10.4. The lowest BCUT2D eigenvalue weighted by atomic mass is 10.0. The van der Waals surface area contributed by atoms with Gasteiger partial charge in [-0.05, 0) is 48.9 Å². The van der Waals surface area contributed by atoms with Crippen LogP contribution in [0.4, 0.5) is 5.69 Å². The van der Waals surface area contributed by atoms with Gasteiger partial charge >= 0.3 is 5.97 Å². The number of aromatic nitrogens is 2. The lowest BCUT2D eigenvalue weighted by Gasteiger charge is -2.37. The van der Waals surface area contributed by atoms with E-state index in [-0.39, 0.29) is 17.6 Å². The van der Waals surface area contributed by atoms with E-state index >= 15 is 0 Å². The molecule has 7 nitrogen and oxygen atoms in total. The number of aliphatic hydroxyl groups excluding tert-OH is 1. The lowest BCUT2D eigenvalue weighted by Crippen LogP contribution is -2.50. The summed E-state index contributed by atoms with van der Waals surface area (Å²) in [6.07, 6.45) is -0.360. The molecule has 0 atom stereocenters. The van der Waals surface area contributed by atoms with Crippen molar-refractivity contribution < 1.29 is 19.8 Å². The number of carbonyl (C=O) groups is 2. The Morgan fingerprint density at radius 2 is 1.79 bits per heavy atom. The van der Waals surface area contributed by atoms with E-state index in [1.165, 1.54) is 16.8 Å². The Morgan fingerprint density at radius 3 is 2.42 bits per heavy atom. The van der Waals surface area contributed by atoms with E-state index in [2.05, 4.69) is 5.10 Å². The van der Waals surface area contributed by atoms with Crippen LogP contribution in [0.25, 0.3) is 22.2 Å². The molecule has 33 heavy (non-hydrogen) atoms. The minimum atomic E-state index is -1.01. The Labute approximate surface area is 194 Å². The summed E-state index contributed by atoms with van der Waals surface area (Å²) in [6.45, 7) is 2.88. The van der Waals surface area contributed by atoms with Gasteiger partial charge < -0.3 is 15.1 Å². The number of anilines is 1. The maximum Gasteiger partial charge on any atom is 0.335 e. The number of aromatic carboxylic acids is 1. The van der Waals surface area contributed by atoms with Gasteiger partial charge in [0.05, 0.1) is 27.8 Å². The van der Waals surface area contributed by atoms with Crippen LogP contribution < -0.4 is 4.90 Å². The number of hydrogen-bond donors (Lipinski definition) is 2. The Balaban J connectivity index is 1.69. The highest BCUT2D eigenvalue weighted by atomic mass is 35.5. The van der Waals surface area contributed by atoms with E-state index in [0.29, 0.717) is 40.4 Å². The molecule has 2 heterocycles. The second kappa shape index (κ2) is 8.03. The topological polar surface area (TPSA) is 95.7 Å². The number of nitrogens with zero attached hydrogens (tertiary/aromatic N) is 3. The maximum absolute atomic E-state index is 13.6. The predicted molar refractivity (Wildman–Crippen MR) is 126 cm³/mol. The van der Waals surface area contributed by atoms with Crippen molar-refractivity contribution in [2.45, 2.75) is 13.0 Å². The third kappa shape index (κ3) is 3.65. The van der Waals surface area contributed by atoms with E-state index in [0.717, 1.165) is 16.6 Å². The van der Waals surface area contributed by atoms with Crippen LogP contribution in [0.15, 0.2) is 60.7 Å². The molecular formula is C25H20ClN3O4. The molecule has 5 rings (SSSR count). The van der Waals surface area contributed by atoms with E-state index in [4.69, 9.17) is 11.6 Å². The quantitative estimate of drug-likeness (QED) is 0.472. The van der Waals surface area contributed by atoms with Gasteiger partial charge in [-0.2, -0.15) is 9.78 Å². The summed E-state index contributed by atoms with van der Waals surface area (Å²) < 4.78 is 1.35. The summed E-state index contributed by atoms with van der Waals surface area (Å²) in [5.41, 5.74) is 4.03. The summed E-state index contributed by atoms with van der Waals surface area (Å²) in [5.74, 6) is -1.36. The zero-order chi connectivity index (χ0) is 23.3. The average Bonchev–Trinajstić information content (AvgIpc) is 3.15. The second-order valence-corrected chi connectivity index (χ2v) is 8.55. The number of hydrogen-bond acceptors (Lipinski definition) is 5. The summed E-state index contributed by atoms with van der Waals surface area (Å²) in [5, 5.41) is 24.6. The zero-order valence-corrected chi connectivity index (χ0v) is 18.5. The number of aliphatic hydroxyl groups is 1. The molecule has 1 fully saturated rings. The van der Waals surface area contributed by atoms with Crippen LogP contribution in [0, 0.1) is 6.92 Å². The van der Waals surface area contributed by atoms with Crippen LogP contribution in [0.1, 0.15) is 26.3 Å². The highest BCUT2D eigenvalue weighted by molar-refractivity contribution is 6.34. The zero-order valence-electron chi connectivity index (χ0n) is 17.7. The normalized spacial score (nSPS) is 13.8. The molecule has 8 heteroatoms. The predicted octanol–water partition coefficient (Wildman–Crippen LogP) is 4.23. The van der Waals surface area contributed by atoms with Gasteiger partial charge in [0.2, 0.25) is 0 Å². The van der Waals surface area contributed by atoms with Crippen molar-refractivity contribution in [3.8, 4) is 11.3 Å². The number of aryl methyl sites for hydroxylation is 1. The number of benzene rings is 3. The molecule has 0 unspecified atom stereocenters. The summed E-state index contributed by atoms with van der Waals surface area (Å²) in [6, 6.07) is 17.4. The van der Waals surface area contributed by atoms with Crippen LogP contribution in [0.5, 0.6) is 0 Å². The molecule has 4 aromatic rings. The number of fused-ring (bicyclic) bond motifs is 1. The van der Waals surface area contributed by atoms with Crippen molar-refractivity contribution in [2.75, 3.05) is 18.0 Å². The molecule has 0 saturated carbocycles. The van der Waals surface area contributed by atoms with Crippen LogP contribution >= 0.6 is 11.6 Å². The Hall–Kier alpha value is -3.68. The smallest absolute Gasteiger partial charge is 0.335 e. The molecule has 3 aromatic carbocycles. The molecule has 166 valence electrons. The van der Waals surface area contributed by atoms with E-state index in [1.54, 1.807) is 24.3 Å². The Bertz CT molecular complexity index is 1390. The summed E-state index contributed by atoms with van der Waals surface area (Å²) in [7, 11) is 0. The van der Waals surface area contributed by atoms with Gasteiger partial charge in [-0.25, -0.2) is 4.79 Å². The molecule has 0 amide bonds. The summed E-state index contributed by atoms with van der Waals surface area (Å²) in [4.78, 5) is 26.8. The van der Waals surface area contributed by atoms with Gasteiger partial charge in [-0.15, -0.1) is 0 Å². The minimum absolute atomic E-state index is 0.170. The fourth-order valence-corrected chi connectivity index (χ4v) is 4.42. The fraction of sp³-hybridized carbons (Fsp3) is 0.160. The number of carboxylic acid groups (broad SMARTS) is 1. The maximum atomic E-state index is 13.6. The molecule has 1 aliphatic heterocycles. The van der Waals surface area contributed by atoms with Crippen molar-refractivity contribution in [1.29, 1.82) is 0 Å². The van der Waals surface area contributed by atoms with Crippen LogP contribution in [-0.2, 0) is 0 Å². The van der Waals surface area contributed by atoms with Gasteiger partial charge in [-0.3, -0.25) is 4.79 Å². The molecule has 1 aromatic heterocycles. The highest BCUT2D eigenvalue weighted by Gasteiger charge is 2.27. The number of halogens is 1. The number of carboxylic acids is 1. The Kier molecular flexibility index (Phi) is 5.15. The molecule has 0 bridgehead atoms. The van der Waals surface area contributed by atoms with Crippen molar-refractivity contribution in [2.24, 2.45) is 0 Å². The van der Waals surface area contributed by atoms with Crippen LogP contribution in [-0.4, -0.2) is 51.1 Å². The first-order chi connectivity index (χ1) is 15.8. The first-order valence-corrected chi connectivity index (χ1v) is 10.8. The van der Waals surface area contributed by atoms with Crippen molar-refractivity contribution in [1.82, 2.24) is 9.78 Å². The van der Waals surface area contributed by atoms with Crippen molar-refractivity contribution >= 4 is 40.1 Å². The van der Waals surface area contributed by atoms with Gasteiger partial charge in [0.15, 0.2) is 0 Å². The molecular weight excluding hydrogens is 442 g/mol.